The lowest BCUT2D eigenvalue weighted by atomic mass is 10.1. The minimum Gasteiger partial charge on any atom is -0.480 e. The zero-order chi connectivity index (χ0) is 35.7. The molecule has 3 unspecified atom stereocenters. The number of rotatable bonds is 35. The Bertz CT molecular complexity index is 885. The first-order chi connectivity index (χ1) is 23.1. The number of nitrogens with one attached hydrogen (secondary N) is 1. The van der Waals surface area contributed by atoms with E-state index < -0.39 is 57.6 Å². The van der Waals surface area contributed by atoms with Gasteiger partial charge in [0.15, 0.2) is 6.04 Å². The number of amides is 1. The molecule has 0 bridgehead atoms. The number of allylic oxidation sites excluding steroid dienone is 2. The van der Waals surface area contributed by atoms with E-state index in [1.54, 1.807) is 0 Å². The predicted molar refractivity (Wildman–Crippen MR) is 190 cm³/mol. The summed E-state index contributed by atoms with van der Waals surface area (Å²) in [5.74, 6) is -2.38. The molecule has 12 heteroatoms. The lowest BCUT2D eigenvalue weighted by molar-refractivity contribution is -0.147. The van der Waals surface area contributed by atoms with Crippen molar-refractivity contribution in [3.63, 3.8) is 0 Å². The van der Waals surface area contributed by atoms with Gasteiger partial charge in [0.05, 0.1) is 13.2 Å². The van der Waals surface area contributed by atoms with Crippen molar-refractivity contribution in [3.05, 3.63) is 12.2 Å². The summed E-state index contributed by atoms with van der Waals surface area (Å²) in [6.07, 6.45) is 28.2. The molecule has 0 heterocycles. The molecule has 1 amide bonds. The van der Waals surface area contributed by atoms with E-state index in [9.17, 15) is 34.1 Å². The van der Waals surface area contributed by atoms with E-state index in [2.05, 4.69) is 31.3 Å². The Kier molecular flexibility index (Phi) is 31.2. The quantitative estimate of drug-likeness (QED) is 0.0217. The third-order valence-corrected chi connectivity index (χ3v) is 9.01. The van der Waals surface area contributed by atoms with Crippen LogP contribution in [0.1, 0.15) is 168 Å². The molecule has 0 aliphatic heterocycles. The summed E-state index contributed by atoms with van der Waals surface area (Å²) in [6.45, 7) is 2.53. The molecule has 0 aromatic rings. The average molecular weight is 706 g/mol. The second-order valence-corrected chi connectivity index (χ2v) is 14.2. The Balaban J connectivity index is 3.99. The summed E-state index contributed by atoms with van der Waals surface area (Å²) in [5.41, 5.74) is 0. The highest BCUT2D eigenvalue weighted by Gasteiger charge is 2.28. The number of hydrogen-bond donors (Lipinski definition) is 4. The fraction of sp³-hybridized carbons (Fsp3) is 0.861. The lowest BCUT2D eigenvalue weighted by Gasteiger charge is -2.18. The van der Waals surface area contributed by atoms with Gasteiger partial charge < -0.3 is 25.2 Å². The standard InChI is InChI=1S/C36H68NO10P/c1-3-5-7-9-11-13-14-15-16-17-18-20-21-23-25-27-34(39)37-33(36(41)42)31-47-48(43,44)46-30-32(38)29-45-35(40)28-26-24-22-19-12-10-8-6-4-2/h15-16,32-33,38H,3-14,17-31H2,1-2H3,(H,37,39)(H,41,42)(H,43,44)/b16-15-. The molecule has 0 aromatic heterocycles. The van der Waals surface area contributed by atoms with Gasteiger partial charge >= 0.3 is 19.8 Å². The number of phosphoric acid groups is 1. The number of hydrogen-bond acceptors (Lipinski definition) is 8. The van der Waals surface area contributed by atoms with Gasteiger partial charge in [0.25, 0.3) is 0 Å². The number of carboxylic acid groups (broad SMARTS) is 1. The first-order valence-electron chi connectivity index (χ1n) is 18.7. The van der Waals surface area contributed by atoms with Crippen molar-refractivity contribution in [2.75, 3.05) is 19.8 Å². The average Bonchev–Trinajstić information content (AvgIpc) is 3.05. The maximum Gasteiger partial charge on any atom is 0.472 e. The topological polar surface area (TPSA) is 169 Å². The Labute approximate surface area is 290 Å². The largest absolute Gasteiger partial charge is 0.480 e. The highest BCUT2D eigenvalue weighted by Crippen LogP contribution is 2.43. The van der Waals surface area contributed by atoms with Crippen LogP contribution >= 0.6 is 7.82 Å². The van der Waals surface area contributed by atoms with Crippen LogP contribution in [0.2, 0.25) is 0 Å². The SMILES string of the molecule is CCCCCCCC/C=C\CCCCCCCC(=O)NC(COP(=O)(O)OCC(O)COC(=O)CCCCCCCCCCC)C(=O)O. The van der Waals surface area contributed by atoms with Gasteiger partial charge in [-0.05, 0) is 38.5 Å². The molecule has 0 rings (SSSR count). The summed E-state index contributed by atoms with van der Waals surface area (Å²) in [6, 6.07) is -1.54. The summed E-state index contributed by atoms with van der Waals surface area (Å²) in [5, 5.41) is 21.7. The molecule has 48 heavy (non-hydrogen) atoms. The molecule has 0 saturated carbocycles. The summed E-state index contributed by atoms with van der Waals surface area (Å²) >= 11 is 0. The van der Waals surface area contributed by atoms with Gasteiger partial charge in [0.1, 0.15) is 12.7 Å². The summed E-state index contributed by atoms with van der Waals surface area (Å²) in [7, 11) is -4.74. The highest BCUT2D eigenvalue weighted by molar-refractivity contribution is 7.47. The van der Waals surface area contributed by atoms with Crippen LogP contribution in [0.5, 0.6) is 0 Å². The second kappa shape index (κ2) is 32.4. The van der Waals surface area contributed by atoms with E-state index in [0.717, 1.165) is 57.8 Å². The Morgan fingerprint density at radius 2 is 1.08 bits per heavy atom. The number of ether oxygens (including phenoxy) is 1. The molecule has 0 aromatic carbocycles. The minimum atomic E-state index is -4.74. The zero-order valence-electron chi connectivity index (χ0n) is 30.0. The number of carboxylic acids is 1. The number of aliphatic hydroxyl groups excluding tert-OH is 1. The van der Waals surface area contributed by atoms with Crippen LogP contribution in [-0.2, 0) is 32.7 Å². The van der Waals surface area contributed by atoms with E-state index in [0.29, 0.717) is 12.8 Å². The number of carbonyl (C=O) groups excluding carboxylic acids is 2. The zero-order valence-corrected chi connectivity index (χ0v) is 30.9. The van der Waals surface area contributed by atoms with E-state index in [4.69, 9.17) is 13.8 Å². The van der Waals surface area contributed by atoms with Crippen molar-refractivity contribution in [2.24, 2.45) is 0 Å². The van der Waals surface area contributed by atoms with Crippen molar-refractivity contribution < 1.29 is 47.8 Å². The second-order valence-electron chi connectivity index (χ2n) is 12.8. The molecule has 0 aliphatic carbocycles. The van der Waals surface area contributed by atoms with Crippen LogP contribution < -0.4 is 5.32 Å². The van der Waals surface area contributed by atoms with Gasteiger partial charge in [-0.25, -0.2) is 9.36 Å². The fourth-order valence-electron chi connectivity index (χ4n) is 5.07. The fourth-order valence-corrected chi connectivity index (χ4v) is 5.85. The van der Waals surface area contributed by atoms with Gasteiger partial charge in [-0.1, -0.05) is 129 Å². The molecule has 0 spiro atoms. The van der Waals surface area contributed by atoms with Crippen LogP contribution in [0, 0.1) is 0 Å². The van der Waals surface area contributed by atoms with Crippen molar-refractivity contribution >= 4 is 25.7 Å². The smallest absolute Gasteiger partial charge is 0.472 e. The molecule has 0 saturated heterocycles. The van der Waals surface area contributed by atoms with E-state index >= 15 is 0 Å². The van der Waals surface area contributed by atoms with E-state index in [1.165, 1.54) is 70.6 Å². The molecular formula is C36H68NO10P. The molecular weight excluding hydrogens is 637 g/mol. The van der Waals surface area contributed by atoms with Crippen LogP contribution in [0.4, 0.5) is 0 Å². The highest BCUT2D eigenvalue weighted by atomic mass is 31.2. The molecule has 0 fully saturated rings. The summed E-state index contributed by atoms with van der Waals surface area (Å²) < 4.78 is 26.6. The Hall–Kier alpha value is -1.78. The van der Waals surface area contributed by atoms with Crippen molar-refractivity contribution in [3.8, 4) is 0 Å². The normalized spacial score (nSPS) is 14.1. The molecule has 282 valence electrons. The van der Waals surface area contributed by atoms with Crippen LogP contribution in [0.3, 0.4) is 0 Å². The Morgan fingerprint density at radius 3 is 1.58 bits per heavy atom. The number of aliphatic hydroxyl groups is 1. The third-order valence-electron chi connectivity index (χ3n) is 8.05. The number of carbonyl (C=O) groups is 3. The van der Waals surface area contributed by atoms with Gasteiger partial charge in [-0.15, -0.1) is 0 Å². The van der Waals surface area contributed by atoms with Gasteiger partial charge in [0, 0.05) is 12.8 Å². The first kappa shape index (κ1) is 46.2. The number of phosphoric ester groups is 1. The maximum absolute atomic E-state index is 12.2. The molecule has 0 aliphatic rings. The van der Waals surface area contributed by atoms with Gasteiger partial charge in [-0.3, -0.25) is 18.6 Å². The van der Waals surface area contributed by atoms with Crippen LogP contribution in [0.15, 0.2) is 12.2 Å². The van der Waals surface area contributed by atoms with Crippen LogP contribution in [0.25, 0.3) is 0 Å². The van der Waals surface area contributed by atoms with Gasteiger partial charge in [-0.2, -0.15) is 0 Å². The Morgan fingerprint density at radius 1 is 0.646 bits per heavy atom. The molecule has 3 atom stereocenters. The monoisotopic (exact) mass is 705 g/mol. The van der Waals surface area contributed by atoms with Crippen molar-refractivity contribution in [1.29, 1.82) is 0 Å². The predicted octanol–water partition coefficient (Wildman–Crippen LogP) is 8.55. The minimum absolute atomic E-state index is 0.138. The molecule has 0 radical (unpaired) electrons. The third kappa shape index (κ3) is 31.5. The number of esters is 1. The van der Waals surface area contributed by atoms with Crippen LogP contribution in [-0.4, -0.2) is 64.9 Å². The summed E-state index contributed by atoms with van der Waals surface area (Å²) in [4.78, 5) is 45.6. The molecule has 11 nitrogen and oxygen atoms in total. The number of unbranched alkanes of at least 4 members (excludes halogenated alkanes) is 19. The van der Waals surface area contributed by atoms with Crippen molar-refractivity contribution in [2.45, 2.75) is 180 Å². The first-order valence-corrected chi connectivity index (χ1v) is 20.2. The van der Waals surface area contributed by atoms with Crippen molar-refractivity contribution in [1.82, 2.24) is 5.32 Å². The number of aliphatic carboxylic acids is 1. The molecule has 4 N–H and O–H groups in total. The van der Waals surface area contributed by atoms with Gasteiger partial charge in [0.2, 0.25) is 5.91 Å². The van der Waals surface area contributed by atoms with E-state index in [-0.39, 0.29) is 12.8 Å². The maximum atomic E-state index is 12.2. The van der Waals surface area contributed by atoms with E-state index in [1.807, 2.05) is 0 Å². The lowest BCUT2D eigenvalue weighted by Crippen LogP contribution is -2.43.